The van der Waals surface area contributed by atoms with Gasteiger partial charge in [0.1, 0.15) is 5.75 Å². The summed E-state index contributed by atoms with van der Waals surface area (Å²) < 4.78 is 6.09. The third-order valence-electron chi connectivity index (χ3n) is 2.53. The van der Waals surface area contributed by atoms with Gasteiger partial charge in [-0.25, -0.2) is 0 Å². The van der Waals surface area contributed by atoms with E-state index in [9.17, 15) is 4.79 Å². The summed E-state index contributed by atoms with van der Waals surface area (Å²) in [6, 6.07) is 5.75. The fourth-order valence-electron chi connectivity index (χ4n) is 1.40. The summed E-state index contributed by atoms with van der Waals surface area (Å²) >= 11 is 3.46. The number of carbonyl (C=O) groups is 1. The second-order valence-corrected chi connectivity index (χ2v) is 4.50. The summed E-state index contributed by atoms with van der Waals surface area (Å²) in [5.41, 5.74) is 1.08. The maximum Gasteiger partial charge on any atom is 0.306 e. The van der Waals surface area contributed by atoms with Gasteiger partial charge in [0.05, 0.1) is 17.5 Å². The molecule has 1 atom stereocenters. The van der Waals surface area contributed by atoms with E-state index in [4.69, 9.17) is 9.84 Å². The molecule has 1 aromatic carbocycles. The summed E-state index contributed by atoms with van der Waals surface area (Å²) in [6.45, 7) is 1.72. The number of aliphatic carboxylic acids is 1. The van der Waals surface area contributed by atoms with Crippen LogP contribution >= 0.6 is 15.9 Å². The van der Waals surface area contributed by atoms with Crippen LogP contribution in [0.1, 0.15) is 18.9 Å². The highest BCUT2D eigenvalue weighted by Gasteiger charge is 2.12. The summed E-state index contributed by atoms with van der Waals surface area (Å²) in [7, 11) is 1.61. The van der Waals surface area contributed by atoms with Crippen LogP contribution in [0.25, 0.3) is 0 Å². The maximum absolute atomic E-state index is 10.7. The predicted molar refractivity (Wildman–Crippen MR) is 65.8 cm³/mol. The second-order valence-electron chi connectivity index (χ2n) is 3.71. The SMILES string of the molecule is COc1cccc(CCC(C)C(=O)O)c1Br. The first-order chi connectivity index (χ1) is 7.56. The molecule has 0 bridgehead atoms. The van der Waals surface area contributed by atoms with E-state index in [2.05, 4.69) is 15.9 Å². The molecule has 0 amide bonds. The number of benzene rings is 1. The molecule has 0 aromatic heterocycles. The van der Waals surface area contributed by atoms with Crippen molar-refractivity contribution in [2.45, 2.75) is 19.8 Å². The smallest absolute Gasteiger partial charge is 0.306 e. The average molecular weight is 287 g/mol. The number of aryl methyl sites for hydroxylation is 1. The first-order valence-electron chi connectivity index (χ1n) is 5.10. The van der Waals surface area contributed by atoms with Crippen molar-refractivity contribution in [2.24, 2.45) is 5.92 Å². The number of halogens is 1. The average Bonchev–Trinajstić information content (AvgIpc) is 2.27. The molecule has 1 aromatic rings. The Labute approximate surface area is 104 Å². The van der Waals surface area contributed by atoms with Crippen LogP contribution in [0.15, 0.2) is 22.7 Å². The van der Waals surface area contributed by atoms with Crippen molar-refractivity contribution in [3.63, 3.8) is 0 Å². The Morgan fingerprint density at radius 3 is 2.81 bits per heavy atom. The van der Waals surface area contributed by atoms with E-state index in [1.807, 2.05) is 18.2 Å². The lowest BCUT2D eigenvalue weighted by Crippen LogP contribution is -2.10. The molecule has 0 fully saturated rings. The van der Waals surface area contributed by atoms with E-state index in [0.717, 1.165) is 22.2 Å². The van der Waals surface area contributed by atoms with Gasteiger partial charge in [0.25, 0.3) is 0 Å². The van der Waals surface area contributed by atoms with E-state index in [0.29, 0.717) is 6.42 Å². The van der Waals surface area contributed by atoms with Gasteiger partial charge in [-0.1, -0.05) is 19.1 Å². The Balaban J connectivity index is 2.71. The van der Waals surface area contributed by atoms with E-state index in [-0.39, 0.29) is 5.92 Å². The zero-order chi connectivity index (χ0) is 12.1. The number of methoxy groups -OCH3 is 1. The van der Waals surface area contributed by atoms with E-state index in [1.165, 1.54) is 0 Å². The van der Waals surface area contributed by atoms with E-state index < -0.39 is 5.97 Å². The summed E-state index contributed by atoms with van der Waals surface area (Å²) in [4.78, 5) is 10.7. The Hall–Kier alpha value is -1.03. The lowest BCUT2D eigenvalue weighted by atomic mass is 10.0. The van der Waals surface area contributed by atoms with Crippen molar-refractivity contribution in [3.05, 3.63) is 28.2 Å². The Kier molecular flexibility index (Phi) is 4.80. The number of hydrogen-bond acceptors (Lipinski definition) is 2. The highest BCUT2D eigenvalue weighted by molar-refractivity contribution is 9.10. The van der Waals surface area contributed by atoms with E-state index in [1.54, 1.807) is 14.0 Å². The summed E-state index contributed by atoms with van der Waals surface area (Å²) in [5.74, 6) is -0.294. The molecule has 4 heteroatoms. The molecule has 0 radical (unpaired) electrons. The largest absolute Gasteiger partial charge is 0.496 e. The Morgan fingerprint density at radius 1 is 1.56 bits per heavy atom. The van der Waals surface area contributed by atoms with Crippen molar-refractivity contribution < 1.29 is 14.6 Å². The highest BCUT2D eigenvalue weighted by Crippen LogP contribution is 2.29. The van der Waals surface area contributed by atoms with Crippen molar-refractivity contribution in [1.29, 1.82) is 0 Å². The fraction of sp³-hybridized carbons (Fsp3) is 0.417. The van der Waals surface area contributed by atoms with Crippen LogP contribution in [0.5, 0.6) is 5.75 Å². The first-order valence-corrected chi connectivity index (χ1v) is 5.89. The quantitative estimate of drug-likeness (QED) is 0.905. The van der Waals surface area contributed by atoms with Crippen molar-refractivity contribution in [1.82, 2.24) is 0 Å². The van der Waals surface area contributed by atoms with Crippen LogP contribution in [-0.4, -0.2) is 18.2 Å². The molecular formula is C12H15BrO3. The number of carboxylic acids is 1. The van der Waals surface area contributed by atoms with Crippen LogP contribution in [0, 0.1) is 5.92 Å². The maximum atomic E-state index is 10.7. The van der Waals surface area contributed by atoms with Crippen LogP contribution in [0.3, 0.4) is 0 Å². The van der Waals surface area contributed by atoms with Gasteiger partial charge in [0.15, 0.2) is 0 Å². The molecule has 0 aliphatic carbocycles. The zero-order valence-corrected chi connectivity index (χ0v) is 11.0. The van der Waals surface area contributed by atoms with Crippen molar-refractivity contribution in [2.75, 3.05) is 7.11 Å². The van der Waals surface area contributed by atoms with Gasteiger partial charge in [0.2, 0.25) is 0 Å². The predicted octanol–water partition coefficient (Wildman–Crippen LogP) is 3.11. The van der Waals surface area contributed by atoms with Crippen LogP contribution in [0.4, 0.5) is 0 Å². The monoisotopic (exact) mass is 286 g/mol. The molecular weight excluding hydrogens is 272 g/mol. The van der Waals surface area contributed by atoms with Gasteiger partial charge >= 0.3 is 5.97 Å². The Bertz CT molecular complexity index is 377. The molecule has 88 valence electrons. The van der Waals surface area contributed by atoms with Gasteiger partial charge in [0, 0.05) is 0 Å². The van der Waals surface area contributed by atoms with Gasteiger partial charge in [-0.3, -0.25) is 4.79 Å². The van der Waals surface area contributed by atoms with Gasteiger partial charge in [-0.2, -0.15) is 0 Å². The summed E-state index contributed by atoms with van der Waals surface area (Å²) in [5, 5.41) is 8.79. The molecule has 0 aliphatic heterocycles. The summed E-state index contributed by atoms with van der Waals surface area (Å²) in [6.07, 6.45) is 1.35. The van der Waals surface area contributed by atoms with Gasteiger partial charge in [-0.05, 0) is 40.4 Å². The molecule has 0 heterocycles. The molecule has 1 N–H and O–H groups in total. The topological polar surface area (TPSA) is 46.5 Å². The van der Waals surface area contributed by atoms with E-state index >= 15 is 0 Å². The number of hydrogen-bond donors (Lipinski definition) is 1. The van der Waals surface area contributed by atoms with Gasteiger partial charge < -0.3 is 9.84 Å². The fourth-order valence-corrected chi connectivity index (χ4v) is 2.03. The Morgan fingerprint density at radius 2 is 2.25 bits per heavy atom. The molecule has 0 saturated carbocycles. The number of rotatable bonds is 5. The van der Waals surface area contributed by atoms with Crippen LogP contribution in [0.2, 0.25) is 0 Å². The molecule has 3 nitrogen and oxygen atoms in total. The minimum absolute atomic E-state index is 0.321. The number of carboxylic acid groups (broad SMARTS) is 1. The highest BCUT2D eigenvalue weighted by atomic mass is 79.9. The minimum atomic E-state index is -0.751. The van der Waals surface area contributed by atoms with Gasteiger partial charge in [-0.15, -0.1) is 0 Å². The molecule has 1 unspecified atom stereocenters. The molecule has 0 aliphatic rings. The van der Waals surface area contributed by atoms with Crippen LogP contribution in [-0.2, 0) is 11.2 Å². The third kappa shape index (κ3) is 3.23. The number of ether oxygens (including phenoxy) is 1. The second kappa shape index (κ2) is 5.89. The molecule has 16 heavy (non-hydrogen) atoms. The zero-order valence-electron chi connectivity index (χ0n) is 9.37. The first kappa shape index (κ1) is 13.0. The lowest BCUT2D eigenvalue weighted by Gasteiger charge is -2.10. The molecule has 0 spiro atoms. The van der Waals surface area contributed by atoms with Crippen molar-refractivity contribution in [3.8, 4) is 5.75 Å². The minimum Gasteiger partial charge on any atom is -0.496 e. The lowest BCUT2D eigenvalue weighted by molar-refractivity contribution is -0.141. The molecule has 1 rings (SSSR count). The normalized spacial score (nSPS) is 12.2. The molecule has 0 saturated heterocycles. The van der Waals surface area contributed by atoms with Crippen LogP contribution < -0.4 is 4.74 Å². The standard InChI is InChI=1S/C12H15BrO3/c1-8(12(14)15)6-7-9-4-3-5-10(16-2)11(9)13/h3-5,8H,6-7H2,1-2H3,(H,14,15). The van der Waals surface area contributed by atoms with Crippen molar-refractivity contribution >= 4 is 21.9 Å². The third-order valence-corrected chi connectivity index (χ3v) is 3.43.